The molecule has 0 aromatic heterocycles. The average Bonchev–Trinajstić information content (AvgIpc) is 2.15. The van der Waals surface area contributed by atoms with Gasteiger partial charge in [-0.1, -0.05) is 0 Å². The molecule has 0 radical (unpaired) electrons. The minimum Gasteiger partial charge on any atom is -0.548 e. The largest absolute Gasteiger partial charge is 0.548 e. The standard InChI is InChI=1S/C11H19NO2Si/c1-15(2,3)14-10-6-4-9(5-7-10)11(13)8-12/h6,9,11,13H,4-5,7H2,1-3H3/t9-,11-/m1/s1. The summed E-state index contributed by atoms with van der Waals surface area (Å²) in [5.74, 6) is 1.14. The van der Waals surface area contributed by atoms with Gasteiger partial charge >= 0.3 is 0 Å². The second-order valence-corrected chi connectivity index (χ2v) is 9.42. The lowest BCUT2D eigenvalue weighted by atomic mass is 9.89. The Morgan fingerprint density at radius 3 is 2.67 bits per heavy atom. The van der Waals surface area contributed by atoms with Gasteiger partial charge in [0, 0.05) is 12.3 Å². The van der Waals surface area contributed by atoms with Crippen LogP contribution < -0.4 is 0 Å². The Kier molecular flexibility index (Phi) is 3.94. The number of allylic oxidation sites excluding steroid dienone is 2. The van der Waals surface area contributed by atoms with Gasteiger partial charge in [-0.3, -0.25) is 0 Å². The molecule has 0 fully saturated rings. The Morgan fingerprint density at radius 2 is 2.27 bits per heavy atom. The molecular weight excluding hydrogens is 206 g/mol. The van der Waals surface area contributed by atoms with Crippen LogP contribution in [0, 0.1) is 17.2 Å². The summed E-state index contributed by atoms with van der Waals surface area (Å²) in [6.45, 7) is 6.47. The molecule has 0 aromatic rings. The Morgan fingerprint density at radius 1 is 1.60 bits per heavy atom. The summed E-state index contributed by atoms with van der Waals surface area (Å²) in [5, 5.41) is 18.0. The summed E-state index contributed by atoms with van der Waals surface area (Å²) >= 11 is 0. The molecule has 1 aliphatic rings. The van der Waals surface area contributed by atoms with Gasteiger partial charge in [0.25, 0.3) is 0 Å². The van der Waals surface area contributed by atoms with Crippen LogP contribution in [0.5, 0.6) is 0 Å². The Balaban J connectivity index is 2.49. The Labute approximate surface area is 92.5 Å². The van der Waals surface area contributed by atoms with Crippen LogP contribution in [-0.2, 0) is 4.43 Å². The summed E-state index contributed by atoms with van der Waals surface area (Å²) in [7, 11) is -1.50. The monoisotopic (exact) mass is 225 g/mol. The lowest BCUT2D eigenvalue weighted by molar-refractivity contribution is 0.146. The lowest BCUT2D eigenvalue weighted by Crippen LogP contribution is -2.27. The first-order valence-corrected chi connectivity index (χ1v) is 8.79. The van der Waals surface area contributed by atoms with E-state index in [0.717, 1.165) is 25.0 Å². The fourth-order valence-corrected chi connectivity index (χ4v) is 2.68. The van der Waals surface area contributed by atoms with Crippen molar-refractivity contribution in [2.24, 2.45) is 5.92 Å². The summed E-state index contributed by atoms with van der Waals surface area (Å²) < 4.78 is 5.88. The van der Waals surface area contributed by atoms with E-state index in [2.05, 4.69) is 19.6 Å². The van der Waals surface area contributed by atoms with E-state index < -0.39 is 14.4 Å². The molecule has 1 aliphatic carbocycles. The van der Waals surface area contributed by atoms with Gasteiger partial charge in [-0.15, -0.1) is 0 Å². The molecule has 0 aliphatic heterocycles. The fraction of sp³-hybridized carbons (Fsp3) is 0.727. The van der Waals surface area contributed by atoms with Crippen molar-refractivity contribution >= 4 is 8.32 Å². The molecular formula is C11H19NO2Si. The SMILES string of the molecule is C[Si](C)(C)OC1=CC[C@@H]([C@H](O)C#N)CC1. The topological polar surface area (TPSA) is 53.2 Å². The molecule has 1 rings (SSSR count). The summed E-state index contributed by atoms with van der Waals surface area (Å²) in [4.78, 5) is 0. The quantitative estimate of drug-likeness (QED) is 0.593. The first-order valence-electron chi connectivity index (χ1n) is 5.38. The van der Waals surface area contributed by atoms with Crippen LogP contribution in [0.25, 0.3) is 0 Å². The van der Waals surface area contributed by atoms with Crippen molar-refractivity contribution in [3.63, 3.8) is 0 Å². The van der Waals surface area contributed by atoms with Crippen molar-refractivity contribution in [1.82, 2.24) is 0 Å². The van der Waals surface area contributed by atoms with E-state index in [9.17, 15) is 5.11 Å². The molecule has 3 nitrogen and oxygen atoms in total. The molecule has 2 atom stereocenters. The van der Waals surface area contributed by atoms with Crippen molar-refractivity contribution in [1.29, 1.82) is 5.26 Å². The summed E-state index contributed by atoms with van der Waals surface area (Å²) in [6, 6.07) is 1.89. The predicted octanol–water partition coefficient (Wildman–Crippen LogP) is 2.41. The molecule has 0 spiro atoms. The van der Waals surface area contributed by atoms with Crippen molar-refractivity contribution < 1.29 is 9.53 Å². The van der Waals surface area contributed by atoms with E-state index in [4.69, 9.17) is 9.69 Å². The van der Waals surface area contributed by atoms with Crippen molar-refractivity contribution in [3.8, 4) is 6.07 Å². The molecule has 4 heteroatoms. The highest BCUT2D eigenvalue weighted by Gasteiger charge is 2.24. The summed E-state index contributed by atoms with van der Waals surface area (Å²) in [5.41, 5.74) is 0. The Bertz CT molecular complexity index is 288. The maximum atomic E-state index is 9.38. The van der Waals surface area contributed by atoms with E-state index in [-0.39, 0.29) is 5.92 Å². The van der Waals surface area contributed by atoms with E-state index in [1.807, 2.05) is 12.1 Å². The molecule has 0 heterocycles. The van der Waals surface area contributed by atoms with Gasteiger partial charge in [0.2, 0.25) is 8.32 Å². The molecule has 0 saturated carbocycles. The average molecular weight is 225 g/mol. The highest BCUT2D eigenvalue weighted by Crippen LogP contribution is 2.28. The first kappa shape index (κ1) is 12.3. The molecule has 0 bridgehead atoms. The lowest BCUT2D eigenvalue weighted by Gasteiger charge is -2.27. The van der Waals surface area contributed by atoms with Crippen LogP contribution in [0.2, 0.25) is 19.6 Å². The first-order chi connectivity index (χ1) is 6.92. The molecule has 0 saturated heterocycles. The van der Waals surface area contributed by atoms with Gasteiger partial charge < -0.3 is 9.53 Å². The zero-order valence-electron chi connectivity index (χ0n) is 9.66. The highest BCUT2D eigenvalue weighted by atomic mass is 28.4. The number of hydrogen-bond donors (Lipinski definition) is 1. The van der Waals surface area contributed by atoms with Crippen LogP contribution in [0.1, 0.15) is 19.3 Å². The normalized spacial score (nSPS) is 23.9. The number of nitrogens with zero attached hydrogens (tertiary/aromatic N) is 1. The zero-order valence-corrected chi connectivity index (χ0v) is 10.7. The molecule has 0 unspecified atom stereocenters. The van der Waals surface area contributed by atoms with Gasteiger partial charge in [0.05, 0.1) is 11.8 Å². The van der Waals surface area contributed by atoms with Gasteiger partial charge in [0.15, 0.2) is 0 Å². The number of rotatable bonds is 3. The second-order valence-electron chi connectivity index (χ2n) is 4.99. The number of hydrogen-bond acceptors (Lipinski definition) is 3. The van der Waals surface area contributed by atoms with Crippen molar-refractivity contribution in [3.05, 3.63) is 11.8 Å². The number of aliphatic hydroxyl groups is 1. The molecule has 0 aromatic carbocycles. The van der Waals surface area contributed by atoms with E-state index in [1.54, 1.807) is 0 Å². The van der Waals surface area contributed by atoms with Crippen LogP contribution >= 0.6 is 0 Å². The van der Waals surface area contributed by atoms with Gasteiger partial charge in [-0.05, 0) is 38.6 Å². The molecule has 0 amide bonds. The smallest absolute Gasteiger partial charge is 0.241 e. The second kappa shape index (κ2) is 4.82. The summed E-state index contributed by atoms with van der Waals surface area (Å²) in [6.07, 6.45) is 3.68. The van der Waals surface area contributed by atoms with Gasteiger partial charge in [0.1, 0.15) is 6.10 Å². The number of aliphatic hydroxyl groups excluding tert-OH is 1. The third-order valence-electron chi connectivity index (χ3n) is 2.43. The van der Waals surface area contributed by atoms with Crippen molar-refractivity contribution in [2.75, 3.05) is 0 Å². The van der Waals surface area contributed by atoms with Crippen LogP contribution in [-0.4, -0.2) is 19.5 Å². The van der Waals surface area contributed by atoms with E-state index in [1.165, 1.54) is 0 Å². The van der Waals surface area contributed by atoms with E-state index in [0.29, 0.717) is 0 Å². The van der Waals surface area contributed by atoms with Crippen molar-refractivity contribution in [2.45, 2.75) is 45.0 Å². The minimum atomic E-state index is -1.50. The minimum absolute atomic E-state index is 0.0870. The maximum Gasteiger partial charge on any atom is 0.241 e. The molecule has 84 valence electrons. The third kappa shape index (κ3) is 4.06. The predicted molar refractivity (Wildman–Crippen MR) is 61.5 cm³/mol. The van der Waals surface area contributed by atoms with E-state index >= 15 is 0 Å². The zero-order chi connectivity index (χ0) is 11.5. The fourth-order valence-electron chi connectivity index (χ4n) is 1.71. The van der Waals surface area contributed by atoms with Gasteiger partial charge in [-0.25, -0.2) is 0 Å². The number of nitriles is 1. The third-order valence-corrected chi connectivity index (χ3v) is 3.30. The van der Waals surface area contributed by atoms with Gasteiger partial charge in [-0.2, -0.15) is 5.26 Å². The Hall–Kier alpha value is -0.793. The maximum absolute atomic E-state index is 9.38. The molecule has 15 heavy (non-hydrogen) atoms. The van der Waals surface area contributed by atoms with Crippen LogP contribution in [0.4, 0.5) is 0 Å². The highest BCUT2D eigenvalue weighted by molar-refractivity contribution is 6.70. The molecule has 1 N–H and O–H groups in total. The van der Waals surface area contributed by atoms with Crippen LogP contribution in [0.15, 0.2) is 11.8 Å². The van der Waals surface area contributed by atoms with Crippen LogP contribution in [0.3, 0.4) is 0 Å².